The van der Waals surface area contributed by atoms with Crippen LogP contribution in [0.2, 0.25) is 0 Å². The van der Waals surface area contributed by atoms with Crippen molar-refractivity contribution in [3.63, 3.8) is 0 Å². The van der Waals surface area contributed by atoms with E-state index < -0.39 is 0 Å². The number of pyridine rings is 1. The molecule has 0 radical (unpaired) electrons. The van der Waals surface area contributed by atoms with Gasteiger partial charge in [0.05, 0.1) is 0 Å². The van der Waals surface area contributed by atoms with Crippen molar-refractivity contribution in [2.75, 3.05) is 44.4 Å². The highest BCUT2D eigenvalue weighted by atomic mass is 79.9. The fourth-order valence-electron chi connectivity index (χ4n) is 4.79. The highest BCUT2D eigenvalue weighted by molar-refractivity contribution is 9.10. The highest BCUT2D eigenvalue weighted by Gasteiger charge is 2.24. The lowest BCUT2D eigenvalue weighted by molar-refractivity contribution is 0.0954. The predicted molar refractivity (Wildman–Crippen MR) is 134 cm³/mol. The van der Waals surface area contributed by atoms with E-state index in [9.17, 15) is 0 Å². The molecule has 1 fully saturated rings. The van der Waals surface area contributed by atoms with Crippen LogP contribution in [0.1, 0.15) is 30.9 Å². The van der Waals surface area contributed by atoms with Crippen LogP contribution in [0.5, 0.6) is 5.75 Å². The average molecular weight is 495 g/mol. The molecule has 5 nitrogen and oxygen atoms in total. The van der Waals surface area contributed by atoms with Crippen LogP contribution in [0.3, 0.4) is 0 Å². The zero-order chi connectivity index (χ0) is 21.9. The molecule has 5 rings (SSSR count). The second-order valence-electron chi connectivity index (χ2n) is 8.84. The Morgan fingerprint density at radius 3 is 2.62 bits per heavy atom. The van der Waals surface area contributed by atoms with Gasteiger partial charge in [0.1, 0.15) is 12.2 Å². The number of unbranched alkanes of at least 4 members (excludes halogenated alkanes) is 1. The van der Waals surface area contributed by atoms with Crippen molar-refractivity contribution in [2.24, 2.45) is 0 Å². The summed E-state index contributed by atoms with van der Waals surface area (Å²) in [6.07, 6.45) is 4.30. The van der Waals surface area contributed by atoms with Gasteiger partial charge in [-0.25, -0.2) is 0 Å². The predicted octanol–water partition coefficient (Wildman–Crippen LogP) is 5.27. The zero-order valence-electron chi connectivity index (χ0n) is 18.8. The molecule has 0 saturated carbocycles. The molecule has 1 aromatic heterocycles. The van der Waals surface area contributed by atoms with Gasteiger partial charge in [-0.2, -0.15) is 0 Å². The first-order chi connectivity index (χ1) is 15.7. The van der Waals surface area contributed by atoms with Gasteiger partial charge < -0.3 is 9.64 Å². The Kier molecular flexibility index (Phi) is 6.62. The van der Waals surface area contributed by atoms with Crippen molar-refractivity contribution < 1.29 is 4.74 Å². The monoisotopic (exact) mass is 494 g/mol. The minimum Gasteiger partial charge on any atom is -0.475 e. The molecule has 0 spiro atoms. The van der Waals surface area contributed by atoms with Crippen LogP contribution in [0, 0.1) is 0 Å². The van der Waals surface area contributed by atoms with E-state index in [-0.39, 0.29) is 0 Å². The van der Waals surface area contributed by atoms with E-state index in [1.807, 2.05) is 12.3 Å². The first kappa shape index (κ1) is 21.7. The van der Waals surface area contributed by atoms with Gasteiger partial charge in [-0.1, -0.05) is 35.3 Å². The first-order valence-electron chi connectivity index (χ1n) is 11.7. The number of aromatic nitrogens is 1. The lowest BCUT2D eigenvalue weighted by Gasteiger charge is -2.36. The van der Waals surface area contributed by atoms with Gasteiger partial charge in [0.2, 0.25) is 0 Å². The number of ether oxygens (including phenoxy) is 1. The lowest BCUT2D eigenvalue weighted by atomic mass is 10.0. The third kappa shape index (κ3) is 4.63. The number of rotatable bonds is 6. The van der Waals surface area contributed by atoms with E-state index in [2.05, 4.69) is 74.0 Å². The Morgan fingerprint density at radius 1 is 1.03 bits per heavy atom. The maximum absolute atomic E-state index is 6.20. The fourth-order valence-corrected chi connectivity index (χ4v) is 5.05. The Bertz CT molecular complexity index is 1060. The number of hydrogen-bond donors (Lipinski definition) is 0. The van der Waals surface area contributed by atoms with E-state index >= 15 is 0 Å². The van der Waals surface area contributed by atoms with Gasteiger partial charge in [0, 0.05) is 73.1 Å². The summed E-state index contributed by atoms with van der Waals surface area (Å²) in [6, 6.07) is 15.3. The van der Waals surface area contributed by atoms with Crippen LogP contribution < -0.4 is 9.64 Å². The molecule has 2 aromatic carbocycles. The Balaban J connectivity index is 1.33. The van der Waals surface area contributed by atoms with Crippen molar-refractivity contribution in [1.82, 2.24) is 14.8 Å². The number of hydrogen-bond acceptors (Lipinski definition) is 5. The van der Waals surface area contributed by atoms with E-state index in [0.29, 0.717) is 6.73 Å². The van der Waals surface area contributed by atoms with Crippen molar-refractivity contribution in [3.05, 3.63) is 64.3 Å². The smallest absolute Gasteiger partial charge is 0.152 e. The number of fused-ring (bicyclic) bond motifs is 3. The van der Waals surface area contributed by atoms with Crippen molar-refractivity contribution in [2.45, 2.75) is 32.9 Å². The molecule has 32 heavy (non-hydrogen) atoms. The Hall–Kier alpha value is -2.15. The summed E-state index contributed by atoms with van der Waals surface area (Å²) in [6.45, 7) is 10.1. The third-order valence-electron chi connectivity index (χ3n) is 6.58. The molecule has 0 amide bonds. The van der Waals surface area contributed by atoms with Gasteiger partial charge >= 0.3 is 0 Å². The van der Waals surface area contributed by atoms with Crippen LogP contribution in [0.4, 0.5) is 5.69 Å². The Labute approximate surface area is 199 Å². The average Bonchev–Trinajstić information content (AvgIpc) is 2.84. The molecule has 3 heterocycles. The molecule has 3 aromatic rings. The van der Waals surface area contributed by atoms with E-state index in [1.165, 1.54) is 35.0 Å². The van der Waals surface area contributed by atoms with Crippen LogP contribution >= 0.6 is 15.9 Å². The highest BCUT2D eigenvalue weighted by Crippen LogP contribution is 2.35. The van der Waals surface area contributed by atoms with Crippen LogP contribution in [-0.4, -0.2) is 54.2 Å². The van der Waals surface area contributed by atoms with Crippen LogP contribution in [0.25, 0.3) is 10.9 Å². The summed E-state index contributed by atoms with van der Waals surface area (Å²) >= 11 is 3.53. The van der Waals surface area contributed by atoms with E-state index in [0.717, 1.165) is 61.6 Å². The molecule has 168 valence electrons. The summed E-state index contributed by atoms with van der Waals surface area (Å²) in [5.41, 5.74) is 4.97. The summed E-state index contributed by atoms with van der Waals surface area (Å²) < 4.78 is 7.33. The SMILES string of the molecule is CCCCN1COc2c(cc(CN3CCN(c4ccc(Br)cc4)CC3)c3cccnc23)C1. The van der Waals surface area contributed by atoms with Crippen molar-refractivity contribution in [1.29, 1.82) is 0 Å². The van der Waals surface area contributed by atoms with Gasteiger partial charge in [-0.15, -0.1) is 0 Å². The Morgan fingerprint density at radius 2 is 1.84 bits per heavy atom. The number of benzene rings is 2. The molecule has 2 aliphatic heterocycles. The van der Waals surface area contributed by atoms with E-state index in [1.54, 1.807) is 0 Å². The molecule has 0 aliphatic carbocycles. The second kappa shape index (κ2) is 9.77. The zero-order valence-corrected chi connectivity index (χ0v) is 20.4. The molecule has 1 saturated heterocycles. The number of nitrogens with zero attached hydrogens (tertiary/aromatic N) is 4. The largest absolute Gasteiger partial charge is 0.475 e. The van der Waals surface area contributed by atoms with Crippen LogP contribution in [-0.2, 0) is 13.1 Å². The standard InChI is InChI=1S/C26H31BrN4O/c1-2-3-11-30-18-21-16-20(24-5-4-10-28-25(24)26(21)32-19-30)17-29-12-14-31(15-13-29)23-8-6-22(27)7-9-23/h4-10,16H,2-3,11-15,17-19H2,1H3. The van der Waals surface area contributed by atoms with Gasteiger partial charge in [-0.3, -0.25) is 14.8 Å². The molecule has 0 unspecified atom stereocenters. The van der Waals surface area contributed by atoms with Gasteiger partial charge in [-0.05, 0) is 48.4 Å². The quantitative estimate of drug-likeness (QED) is 0.465. The summed E-state index contributed by atoms with van der Waals surface area (Å²) in [5.74, 6) is 0.983. The van der Waals surface area contributed by atoms with Crippen LogP contribution in [0.15, 0.2) is 53.1 Å². The fraction of sp³-hybridized carbons (Fsp3) is 0.423. The molecular formula is C26H31BrN4O. The van der Waals surface area contributed by atoms with Gasteiger partial charge in [0.15, 0.2) is 5.75 Å². The number of halogens is 1. The normalized spacial score (nSPS) is 17.4. The number of anilines is 1. The molecular weight excluding hydrogens is 464 g/mol. The molecule has 0 atom stereocenters. The summed E-state index contributed by atoms with van der Waals surface area (Å²) in [4.78, 5) is 12.2. The molecule has 2 aliphatic rings. The topological polar surface area (TPSA) is 31.8 Å². The summed E-state index contributed by atoms with van der Waals surface area (Å²) in [7, 11) is 0. The minimum atomic E-state index is 0.663. The third-order valence-corrected chi connectivity index (χ3v) is 7.11. The second-order valence-corrected chi connectivity index (χ2v) is 9.76. The van der Waals surface area contributed by atoms with Crippen molar-refractivity contribution >= 4 is 32.5 Å². The van der Waals surface area contributed by atoms with Crippen molar-refractivity contribution in [3.8, 4) is 5.75 Å². The molecule has 0 bridgehead atoms. The first-order valence-corrected chi connectivity index (χ1v) is 12.5. The molecule has 6 heteroatoms. The molecule has 0 N–H and O–H groups in total. The maximum atomic E-state index is 6.20. The van der Waals surface area contributed by atoms with Gasteiger partial charge in [0.25, 0.3) is 0 Å². The lowest BCUT2D eigenvalue weighted by Crippen LogP contribution is -2.46. The number of piperazine rings is 1. The minimum absolute atomic E-state index is 0.663. The maximum Gasteiger partial charge on any atom is 0.152 e. The van der Waals surface area contributed by atoms with E-state index in [4.69, 9.17) is 9.72 Å². The summed E-state index contributed by atoms with van der Waals surface area (Å²) in [5, 5.41) is 1.23.